The van der Waals surface area contributed by atoms with E-state index in [1.165, 1.54) is 6.92 Å². The van der Waals surface area contributed by atoms with E-state index in [4.69, 9.17) is 0 Å². The summed E-state index contributed by atoms with van der Waals surface area (Å²) in [6, 6.07) is -0.0149. The van der Waals surface area contributed by atoms with Gasteiger partial charge in [-0.3, -0.25) is 14.4 Å². The van der Waals surface area contributed by atoms with Crippen LogP contribution in [-0.2, 0) is 14.4 Å². The van der Waals surface area contributed by atoms with Crippen molar-refractivity contribution in [2.45, 2.75) is 52.5 Å². The van der Waals surface area contributed by atoms with Crippen LogP contribution in [0.25, 0.3) is 0 Å². The van der Waals surface area contributed by atoms with Crippen molar-refractivity contribution in [3.8, 4) is 0 Å². The third kappa shape index (κ3) is 3.71. The van der Waals surface area contributed by atoms with Crippen LogP contribution in [0.2, 0.25) is 0 Å². The molecule has 1 fully saturated rings. The molecule has 1 saturated heterocycles. The van der Waals surface area contributed by atoms with Crippen LogP contribution in [0.1, 0.15) is 46.5 Å². The topological polar surface area (TPSA) is 86.7 Å². The number of amides is 2. The zero-order valence-corrected chi connectivity index (χ0v) is 12.4. The second kappa shape index (κ2) is 6.72. The van der Waals surface area contributed by atoms with Gasteiger partial charge in [-0.15, -0.1) is 0 Å². The van der Waals surface area contributed by atoms with Crippen molar-refractivity contribution in [2.24, 2.45) is 5.41 Å². The van der Waals surface area contributed by atoms with E-state index in [9.17, 15) is 19.5 Å². The Balaban J connectivity index is 2.63. The molecule has 2 N–H and O–H groups in total. The van der Waals surface area contributed by atoms with Crippen LogP contribution >= 0.6 is 0 Å². The van der Waals surface area contributed by atoms with Crippen LogP contribution in [0, 0.1) is 5.41 Å². The summed E-state index contributed by atoms with van der Waals surface area (Å²) in [6.45, 7) is 6.10. The summed E-state index contributed by atoms with van der Waals surface area (Å²) in [5.74, 6) is -1.15. The smallest absolute Gasteiger partial charge is 0.310 e. The Morgan fingerprint density at radius 2 is 1.90 bits per heavy atom. The number of carboxylic acids is 1. The van der Waals surface area contributed by atoms with E-state index < -0.39 is 11.4 Å². The van der Waals surface area contributed by atoms with Crippen molar-refractivity contribution in [1.29, 1.82) is 0 Å². The lowest BCUT2D eigenvalue weighted by Crippen LogP contribution is -2.40. The maximum absolute atomic E-state index is 12.3. The molecule has 1 atom stereocenters. The maximum atomic E-state index is 12.3. The second-order valence-corrected chi connectivity index (χ2v) is 5.50. The van der Waals surface area contributed by atoms with Gasteiger partial charge in [0.1, 0.15) is 0 Å². The average molecular weight is 284 g/mol. The predicted octanol–water partition coefficient (Wildman–Crippen LogP) is 1.00. The van der Waals surface area contributed by atoms with E-state index in [0.29, 0.717) is 25.9 Å². The van der Waals surface area contributed by atoms with Crippen molar-refractivity contribution in [3.63, 3.8) is 0 Å². The molecular formula is C14H24N2O4. The Bertz CT molecular complexity index is 391. The number of hydrogen-bond acceptors (Lipinski definition) is 3. The highest BCUT2D eigenvalue weighted by molar-refractivity contribution is 5.85. The first kappa shape index (κ1) is 16.5. The molecule has 0 aromatic rings. The number of carboxylic acid groups (broad SMARTS) is 1. The first-order valence-corrected chi connectivity index (χ1v) is 7.13. The number of rotatable bonds is 6. The third-order valence-corrected chi connectivity index (χ3v) is 4.25. The summed E-state index contributed by atoms with van der Waals surface area (Å²) in [5, 5.41) is 12.1. The summed E-state index contributed by atoms with van der Waals surface area (Å²) in [5.41, 5.74) is -0.969. The van der Waals surface area contributed by atoms with E-state index in [1.807, 2.05) is 0 Å². The Kier molecular flexibility index (Phi) is 5.53. The lowest BCUT2D eigenvalue weighted by molar-refractivity contribution is -0.154. The Morgan fingerprint density at radius 3 is 2.35 bits per heavy atom. The molecule has 0 spiro atoms. The van der Waals surface area contributed by atoms with E-state index in [1.54, 1.807) is 18.7 Å². The van der Waals surface area contributed by atoms with Crippen molar-refractivity contribution in [1.82, 2.24) is 10.2 Å². The Labute approximate surface area is 119 Å². The molecule has 1 unspecified atom stereocenters. The van der Waals surface area contributed by atoms with E-state index in [2.05, 4.69) is 5.32 Å². The summed E-state index contributed by atoms with van der Waals surface area (Å²) >= 11 is 0. The Morgan fingerprint density at radius 1 is 1.30 bits per heavy atom. The molecule has 1 aliphatic rings. The van der Waals surface area contributed by atoms with Gasteiger partial charge in [0.2, 0.25) is 11.8 Å². The van der Waals surface area contributed by atoms with Crippen molar-refractivity contribution >= 4 is 17.8 Å². The minimum Gasteiger partial charge on any atom is -0.481 e. The summed E-state index contributed by atoms with van der Waals surface area (Å²) in [4.78, 5) is 36.3. The number of nitrogens with one attached hydrogen (secondary N) is 1. The fourth-order valence-electron chi connectivity index (χ4n) is 2.67. The van der Waals surface area contributed by atoms with Crippen molar-refractivity contribution in [2.75, 3.05) is 13.1 Å². The van der Waals surface area contributed by atoms with Gasteiger partial charge in [-0.2, -0.15) is 0 Å². The highest BCUT2D eigenvalue weighted by atomic mass is 16.4. The largest absolute Gasteiger partial charge is 0.481 e. The molecule has 0 radical (unpaired) electrons. The predicted molar refractivity (Wildman–Crippen MR) is 74.1 cm³/mol. The molecule has 20 heavy (non-hydrogen) atoms. The van der Waals surface area contributed by atoms with Crippen LogP contribution in [0.4, 0.5) is 0 Å². The van der Waals surface area contributed by atoms with Crippen molar-refractivity contribution < 1.29 is 19.5 Å². The van der Waals surface area contributed by atoms with Gasteiger partial charge < -0.3 is 15.3 Å². The summed E-state index contributed by atoms with van der Waals surface area (Å²) < 4.78 is 0. The Hall–Kier alpha value is -1.59. The first-order chi connectivity index (χ1) is 9.34. The van der Waals surface area contributed by atoms with Gasteiger partial charge in [0.25, 0.3) is 0 Å². The summed E-state index contributed by atoms with van der Waals surface area (Å²) in [7, 11) is 0. The first-order valence-electron chi connectivity index (χ1n) is 7.13. The zero-order chi connectivity index (χ0) is 15.3. The van der Waals surface area contributed by atoms with Crippen LogP contribution in [0.3, 0.4) is 0 Å². The normalized spacial score (nSPS) is 18.9. The van der Waals surface area contributed by atoms with Crippen LogP contribution in [0.5, 0.6) is 0 Å². The monoisotopic (exact) mass is 284 g/mol. The molecule has 1 heterocycles. The highest BCUT2D eigenvalue weighted by Gasteiger charge is 2.39. The fourth-order valence-corrected chi connectivity index (χ4v) is 2.67. The molecule has 2 amide bonds. The summed E-state index contributed by atoms with van der Waals surface area (Å²) in [6.07, 6.45) is 1.63. The lowest BCUT2D eigenvalue weighted by Gasteiger charge is -2.28. The number of hydrogen-bond donors (Lipinski definition) is 2. The number of likely N-dealkylation sites (tertiary alicyclic amines) is 1. The van der Waals surface area contributed by atoms with Crippen LogP contribution < -0.4 is 5.32 Å². The average Bonchev–Trinajstić information content (AvgIpc) is 2.83. The van der Waals surface area contributed by atoms with Gasteiger partial charge in [-0.05, 0) is 19.3 Å². The third-order valence-electron chi connectivity index (χ3n) is 4.25. The van der Waals surface area contributed by atoms with Crippen LogP contribution in [0.15, 0.2) is 0 Å². The second-order valence-electron chi connectivity index (χ2n) is 5.50. The standard InChI is InChI=1S/C14H24N2O4/c1-4-14(5-2,13(19)20)8-12(18)16-7-6-11(9-16)15-10(3)17/h11H,4-9H2,1-3H3,(H,15,17)(H,19,20). The molecule has 0 aliphatic carbocycles. The molecule has 0 bridgehead atoms. The number of carbonyl (C=O) groups excluding carboxylic acids is 2. The van der Waals surface area contributed by atoms with E-state index in [-0.39, 0.29) is 24.3 Å². The lowest BCUT2D eigenvalue weighted by atomic mass is 9.79. The van der Waals surface area contributed by atoms with Crippen molar-refractivity contribution in [3.05, 3.63) is 0 Å². The SMILES string of the molecule is CCC(CC)(CC(=O)N1CCC(NC(C)=O)C1)C(=O)O. The molecule has 114 valence electrons. The quantitative estimate of drug-likeness (QED) is 0.762. The molecular weight excluding hydrogens is 260 g/mol. The van der Waals surface area contributed by atoms with Gasteiger partial charge in [-0.25, -0.2) is 0 Å². The van der Waals surface area contributed by atoms with E-state index in [0.717, 1.165) is 6.42 Å². The molecule has 0 saturated carbocycles. The van der Waals surface area contributed by atoms with E-state index >= 15 is 0 Å². The van der Waals surface area contributed by atoms with Gasteiger partial charge in [-0.1, -0.05) is 13.8 Å². The van der Waals surface area contributed by atoms with Gasteiger partial charge in [0.15, 0.2) is 0 Å². The molecule has 6 nitrogen and oxygen atoms in total. The molecule has 1 aliphatic heterocycles. The van der Waals surface area contributed by atoms with Crippen LogP contribution in [-0.4, -0.2) is 46.9 Å². The number of carbonyl (C=O) groups is 3. The highest BCUT2D eigenvalue weighted by Crippen LogP contribution is 2.32. The maximum Gasteiger partial charge on any atom is 0.310 e. The molecule has 0 aromatic carbocycles. The fraction of sp³-hybridized carbons (Fsp3) is 0.786. The minimum atomic E-state index is -0.969. The van der Waals surface area contributed by atoms with Gasteiger partial charge >= 0.3 is 5.97 Å². The molecule has 6 heteroatoms. The number of aliphatic carboxylic acids is 1. The molecule has 0 aromatic heterocycles. The minimum absolute atomic E-state index is 0.0149. The van der Waals surface area contributed by atoms with Gasteiger partial charge in [0.05, 0.1) is 5.41 Å². The molecule has 1 rings (SSSR count). The zero-order valence-electron chi connectivity index (χ0n) is 12.4. The number of nitrogens with zero attached hydrogens (tertiary/aromatic N) is 1. The van der Waals surface area contributed by atoms with Gasteiger partial charge in [0, 0.05) is 32.5 Å².